The van der Waals surface area contributed by atoms with E-state index in [-0.39, 0.29) is 6.61 Å². The van der Waals surface area contributed by atoms with Crippen LogP contribution in [-0.4, -0.2) is 19.8 Å². The summed E-state index contributed by atoms with van der Waals surface area (Å²) in [7, 11) is 0. The zero-order valence-electron chi connectivity index (χ0n) is 14.5. The second kappa shape index (κ2) is 7.08. The van der Waals surface area contributed by atoms with Gasteiger partial charge in [0.05, 0.1) is 11.6 Å². The van der Waals surface area contributed by atoms with Gasteiger partial charge < -0.3 is 20.1 Å². The highest BCUT2D eigenvalue weighted by atomic mass is 16.3. The molecule has 0 saturated carbocycles. The summed E-state index contributed by atoms with van der Waals surface area (Å²) in [6.45, 7) is 0.521. The van der Waals surface area contributed by atoms with Crippen LogP contribution in [0.4, 0.5) is 0 Å². The Balaban J connectivity index is 1.63. The van der Waals surface area contributed by atoms with E-state index in [0.717, 1.165) is 22.4 Å². The van der Waals surface area contributed by atoms with Crippen LogP contribution in [0.2, 0.25) is 0 Å². The molecule has 0 spiro atoms. The van der Waals surface area contributed by atoms with Crippen LogP contribution in [0, 0.1) is 11.3 Å². The quantitative estimate of drug-likeness (QED) is 0.666. The number of nitrogens with one attached hydrogen (secondary N) is 1. The average Bonchev–Trinajstić information content (AvgIpc) is 3.15. The van der Waals surface area contributed by atoms with Gasteiger partial charge in [0.15, 0.2) is 6.23 Å². The van der Waals surface area contributed by atoms with E-state index in [1.165, 1.54) is 0 Å². The number of benzene rings is 2. The summed E-state index contributed by atoms with van der Waals surface area (Å²) in [6, 6.07) is 15.4. The van der Waals surface area contributed by atoms with E-state index in [1.54, 1.807) is 18.3 Å². The summed E-state index contributed by atoms with van der Waals surface area (Å²) < 4.78 is 1.90. The molecule has 0 amide bonds. The molecule has 27 heavy (non-hydrogen) atoms. The summed E-state index contributed by atoms with van der Waals surface area (Å²) in [4.78, 5) is 4.11. The van der Waals surface area contributed by atoms with Crippen molar-refractivity contribution in [1.29, 1.82) is 5.26 Å². The lowest BCUT2D eigenvalue weighted by atomic mass is 9.94. The van der Waals surface area contributed by atoms with Crippen molar-refractivity contribution < 1.29 is 10.2 Å². The number of fused-ring (bicyclic) bond motifs is 1. The van der Waals surface area contributed by atoms with Crippen molar-refractivity contribution in [2.24, 2.45) is 0 Å². The molecule has 0 bridgehead atoms. The van der Waals surface area contributed by atoms with Crippen molar-refractivity contribution in [1.82, 2.24) is 14.9 Å². The lowest BCUT2D eigenvalue weighted by molar-refractivity contribution is 0.158. The van der Waals surface area contributed by atoms with Gasteiger partial charge in [-0.1, -0.05) is 36.4 Å². The number of aromatic nitrogens is 2. The Hall–Kier alpha value is -3.40. The predicted molar refractivity (Wildman–Crippen MR) is 101 cm³/mol. The van der Waals surface area contributed by atoms with Crippen LogP contribution in [0.25, 0.3) is 11.8 Å². The SMILES string of the molecule is N#Cc1cccc2c1C=C(c1ccc(Cn3ccnc3CO)cc1)NC2O. The predicted octanol–water partition coefficient (Wildman–Crippen LogP) is 2.39. The van der Waals surface area contributed by atoms with Gasteiger partial charge in [-0.15, -0.1) is 0 Å². The van der Waals surface area contributed by atoms with Gasteiger partial charge in [-0.2, -0.15) is 5.26 Å². The molecule has 0 saturated heterocycles. The maximum absolute atomic E-state index is 10.4. The van der Waals surface area contributed by atoms with Crippen molar-refractivity contribution in [3.8, 4) is 6.07 Å². The molecule has 0 fully saturated rings. The van der Waals surface area contributed by atoms with Gasteiger partial charge >= 0.3 is 0 Å². The first-order chi connectivity index (χ1) is 13.2. The second-order valence-corrected chi connectivity index (χ2v) is 6.35. The van der Waals surface area contributed by atoms with Crippen molar-refractivity contribution in [2.75, 3.05) is 0 Å². The Labute approximate surface area is 156 Å². The summed E-state index contributed by atoms with van der Waals surface area (Å²) in [5, 5.41) is 32.1. The van der Waals surface area contributed by atoms with Gasteiger partial charge in [-0.05, 0) is 23.3 Å². The topological polar surface area (TPSA) is 94.1 Å². The summed E-state index contributed by atoms with van der Waals surface area (Å²) in [5.41, 5.74) is 4.75. The molecule has 134 valence electrons. The Kier molecular flexibility index (Phi) is 4.47. The Morgan fingerprint density at radius 2 is 2.00 bits per heavy atom. The van der Waals surface area contributed by atoms with E-state index >= 15 is 0 Å². The maximum atomic E-state index is 10.4. The standard InChI is InChI=1S/C21H18N4O2/c22-11-16-2-1-3-17-18(16)10-19(24-21(17)27)15-6-4-14(5-7-15)12-25-9-8-23-20(25)13-26/h1-10,21,24,26-27H,12-13H2. The molecule has 1 aliphatic rings. The minimum atomic E-state index is -0.856. The van der Waals surface area contributed by atoms with Crippen LogP contribution < -0.4 is 5.32 Å². The monoisotopic (exact) mass is 358 g/mol. The average molecular weight is 358 g/mol. The fraction of sp³-hybridized carbons (Fsp3) is 0.143. The van der Waals surface area contributed by atoms with E-state index < -0.39 is 6.23 Å². The summed E-state index contributed by atoms with van der Waals surface area (Å²) in [5.74, 6) is 0.625. The number of aliphatic hydroxyl groups is 2. The number of aliphatic hydroxyl groups excluding tert-OH is 2. The Bertz CT molecular complexity index is 1040. The van der Waals surface area contributed by atoms with Crippen molar-refractivity contribution in [3.63, 3.8) is 0 Å². The van der Waals surface area contributed by atoms with E-state index in [4.69, 9.17) is 0 Å². The third-order valence-electron chi connectivity index (χ3n) is 4.70. The third kappa shape index (κ3) is 3.22. The van der Waals surface area contributed by atoms with Crippen LogP contribution in [0.5, 0.6) is 0 Å². The normalized spacial score (nSPS) is 15.4. The zero-order valence-corrected chi connectivity index (χ0v) is 14.5. The molecule has 2 heterocycles. The largest absolute Gasteiger partial charge is 0.388 e. The van der Waals surface area contributed by atoms with Gasteiger partial charge in [0.25, 0.3) is 0 Å². The molecule has 6 heteroatoms. The highest BCUT2D eigenvalue weighted by Gasteiger charge is 2.21. The highest BCUT2D eigenvalue weighted by Crippen LogP contribution is 2.31. The van der Waals surface area contributed by atoms with E-state index in [0.29, 0.717) is 23.5 Å². The fourth-order valence-corrected chi connectivity index (χ4v) is 3.28. The molecule has 0 aliphatic carbocycles. The molecule has 6 nitrogen and oxygen atoms in total. The molecule has 0 radical (unpaired) electrons. The first kappa shape index (κ1) is 17.0. The van der Waals surface area contributed by atoms with Crippen LogP contribution in [0.3, 0.4) is 0 Å². The van der Waals surface area contributed by atoms with Gasteiger partial charge in [-0.25, -0.2) is 4.98 Å². The van der Waals surface area contributed by atoms with Crippen molar-refractivity contribution in [3.05, 3.63) is 88.5 Å². The number of imidazole rings is 1. The molecule has 1 unspecified atom stereocenters. The smallest absolute Gasteiger partial charge is 0.151 e. The number of nitriles is 1. The lowest BCUT2D eigenvalue weighted by Crippen LogP contribution is -2.24. The van der Waals surface area contributed by atoms with Gasteiger partial charge in [0.2, 0.25) is 0 Å². The van der Waals surface area contributed by atoms with E-state index in [2.05, 4.69) is 16.4 Å². The first-order valence-corrected chi connectivity index (χ1v) is 8.59. The van der Waals surface area contributed by atoms with E-state index in [9.17, 15) is 15.5 Å². The molecule has 3 aromatic rings. The third-order valence-corrected chi connectivity index (χ3v) is 4.70. The van der Waals surface area contributed by atoms with Gasteiger partial charge in [0.1, 0.15) is 12.4 Å². The minimum Gasteiger partial charge on any atom is -0.388 e. The molecular weight excluding hydrogens is 340 g/mol. The first-order valence-electron chi connectivity index (χ1n) is 8.59. The molecule has 4 rings (SSSR count). The molecule has 1 aliphatic heterocycles. The van der Waals surface area contributed by atoms with Gasteiger partial charge in [0, 0.05) is 35.8 Å². The molecule has 1 aromatic heterocycles. The number of hydrogen-bond acceptors (Lipinski definition) is 5. The number of rotatable bonds is 4. The van der Waals surface area contributed by atoms with Crippen molar-refractivity contribution >= 4 is 11.8 Å². The van der Waals surface area contributed by atoms with E-state index in [1.807, 2.05) is 47.2 Å². The number of nitrogens with zero attached hydrogens (tertiary/aromatic N) is 3. The highest BCUT2D eigenvalue weighted by molar-refractivity contribution is 5.85. The summed E-state index contributed by atoms with van der Waals surface area (Å²) >= 11 is 0. The molecule has 3 N–H and O–H groups in total. The van der Waals surface area contributed by atoms with Crippen LogP contribution in [-0.2, 0) is 13.2 Å². The summed E-state index contributed by atoms with van der Waals surface area (Å²) in [6.07, 6.45) is 4.55. The lowest BCUT2D eigenvalue weighted by Gasteiger charge is -2.25. The molecular formula is C21H18N4O2. The van der Waals surface area contributed by atoms with Crippen LogP contribution in [0.1, 0.15) is 39.9 Å². The van der Waals surface area contributed by atoms with Crippen LogP contribution >= 0.6 is 0 Å². The van der Waals surface area contributed by atoms with Gasteiger partial charge in [-0.3, -0.25) is 0 Å². The maximum Gasteiger partial charge on any atom is 0.151 e. The van der Waals surface area contributed by atoms with Crippen LogP contribution in [0.15, 0.2) is 54.9 Å². The molecule has 2 aromatic carbocycles. The minimum absolute atomic E-state index is 0.0968. The van der Waals surface area contributed by atoms with Crippen molar-refractivity contribution in [2.45, 2.75) is 19.4 Å². The number of hydrogen-bond donors (Lipinski definition) is 3. The zero-order chi connectivity index (χ0) is 18.8. The Morgan fingerprint density at radius 3 is 2.74 bits per heavy atom. The molecule has 1 atom stereocenters. The Morgan fingerprint density at radius 1 is 1.19 bits per heavy atom. The fourth-order valence-electron chi connectivity index (χ4n) is 3.28. The second-order valence-electron chi connectivity index (χ2n) is 6.35.